The molecule has 2 nitrogen and oxygen atoms in total. The maximum atomic E-state index is 13.5. The third-order valence-corrected chi connectivity index (χ3v) is 3.17. The van der Waals surface area contributed by atoms with Gasteiger partial charge in [-0.3, -0.25) is 0 Å². The molecule has 1 rings (SSSR count). The topological polar surface area (TPSA) is 21.3 Å². The van der Waals surface area contributed by atoms with E-state index in [0.717, 1.165) is 25.6 Å². The summed E-state index contributed by atoms with van der Waals surface area (Å²) in [6.07, 6.45) is 1.46. The normalized spacial score (nSPS) is 11.8. The van der Waals surface area contributed by atoms with Crippen LogP contribution in [0.2, 0.25) is 0 Å². The second-order valence-corrected chi connectivity index (χ2v) is 5.57. The average Bonchev–Trinajstić information content (AvgIpc) is 2.34. The summed E-state index contributed by atoms with van der Waals surface area (Å²) >= 11 is 0. The Kier molecular flexibility index (Phi) is 6.38. The molecule has 0 atom stereocenters. The Labute approximate surface area is 114 Å². The predicted octanol–water partition coefficient (Wildman–Crippen LogP) is 3.16. The monoisotopic (exact) mass is 271 g/mol. The minimum atomic E-state index is -0.526. The number of rotatable bonds is 8. The van der Waals surface area contributed by atoms with Crippen LogP contribution in [0.1, 0.15) is 25.8 Å². The molecule has 0 aromatic heterocycles. The maximum absolute atomic E-state index is 13.5. The van der Waals surface area contributed by atoms with E-state index in [1.54, 1.807) is 7.11 Å². The Hall–Kier alpha value is -1.00. The molecule has 1 aromatic carbocycles. The van der Waals surface area contributed by atoms with Crippen molar-refractivity contribution < 1.29 is 13.5 Å². The number of nitrogens with one attached hydrogen (secondary N) is 1. The van der Waals surface area contributed by atoms with Gasteiger partial charge in [-0.05, 0) is 29.9 Å². The predicted molar refractivity (Wildman–Crippen MR) is 73.2 cm³/mol. The van der Waals surface area contributed by atoms with E-state index in [9.17, 15) is 8.78 Å². The molecule has 0 spiro atoms. The Morgan fingerprint density at radius 1 is 1.26 bits per heavy atom. The molecule has 0 saturated heterocycles. The molecule has 0 unspecified atom stereocenters. The van der Waals surface area contributed by atoms with Gasteiger partial charge in [-0.15, -0.1) is 0 Å². The summed E-state index contributed by atoms with van der Waals surface area (Å²) in [5.74, 6) is -0.982. The summed E-state index contributed by atoms with van der Waals surface area (Å²) in [4.78, 5) is 0. The molecule has 4 heteroatoms. The summed E-state index contributed by atoms with van der Waals surface area (Å²) in [5, 5.41) is 3.31. The van der Waals surface area contributed by atoms with Crippen molar-refractivity contribution in [2.24, 2.45) is 5.41 Å². The van der Waals surface area contributed by atoms with Crippen LogP contribution in [0.5, 0.6) is 0 Å². The average molecular weight is 271 g/mol. The van der Waals surface area contributed by atoms with Gasteiger partial charge < -0.3 is 10.1 Å². The number of hydrogen-bond acceptors (Lipinski definition) is 2. The van der Waals surface area contributed by atoms with E-state index < -0.39 is 11.6 Å². The van der Waals surface area contributed by atoms with Crippen LogP contribution >= 0.6 is 0 Å². The smallest absolute Gasteiger partial charge is 0.129 e. The quantitative estimate of drug-likeness (QED) is 0.733. The van der Waals surface area contributed by atoms with Crippen LogP contribution in [0, 0.1) is 17.0 Å². The van der Waals surface area contributed by atoms with Gasteiger partial charge in [0.1, 0.15) is 11.6 Å². The number of aryl methyl sites for hydroxylation is 1. The maximum Gasteiger partial charge on any atom is 0.129 e. The molecule has 0 saturated carbocycles. The molecule has 0 amide bonds. The van der Waals surface area contributed by atoms with Crippen molar-refractivity contribution in [1.29, 1.82) is 0 Å². The lowest BCUT2D eigenvalue weighted by Gasteiger charge is -2.25. The first-order chi connectivity index (χ1) is 8.94. The van der Waals surface area contributed by atoms with Crippen molar-refractivity contribution in [2.75, 3.05) is 26.8 Å². The Bertz CT molecular complexity index is 394. The first-order valence-electron chi connectivity index (χ1n) is 6.58. The van der Waals surface area contributed by atoms with Crippen molar-refractivity contribution in [3.05, 3.63) is 35.4 Å². The molecule has 19 heavy (non-hydrogen) atoms. The fourth-order valence-electron chi connectivity index (χ4n) is 1.89. The van der Waals surface area contributed by atoms with Gasteiger partial charge in [0, 0.05) is 26.3 Å². The Morgan fingerprint density at radius 2 is 2.00 bits per heavy atom. The molecule has 108 valence electrons. The van der Waals surface area contributed by atoms with Gasteiger partial charge in [0.15, 0.2) is 0 Å². The minimum Gasteiger partial charge on any atom is -0.383 e. The third-order valence-electron chi connectivity index (χ3n) is 3.17. The Balaban J connectivity index is 2.41. The summed E-state index contributed by atoms with van der Waals surface area (Å²) in [5.41, 5.74) is 0.639. The zero-order chi connectivity index (χ0) is 14.3. The Morgan fingerprint density at radius 3 is 2.63 bits per heavy atom. The standard InChI is InChI=1S/C15H23F2NO/c1-15(2,11-18-8-9-19-3)7-6-12-4-5-13(16)10-14(12)17/h4-5,10,18H,6-9,11H2,1-3H3. The molecule has 0 aliphatic rings. The molecular formula is C15H23F2NO. The minimum absolute atomic E-state index is 0.0641. The van der Waals surface area contributed by atoms with Crippen LogP contribution < -0.4 is 5.32 Å². The fourth-order valence-corrected chi connectivity index (χ4v) is 1.89. The zero-order valence-corrected chi connectivity index (χ0v) is 11.9. The summed E-state index contributed by atoms with van der Waals surface area (Å²) in [6, 6.07) is 3.78. The fraction of sp³-hybridized carbons (Fsp3) is 0.600. The van der Waals surface area contributed by atoms with Gasteiger partial charge >= 0.3 is 0 Å². The van der Waals surface area contributed by atoms with Gasteiger partial charge in [0.25, 0.3) is 0 Å². The van der Waals surface area contributed by atoms with Crippen LogP contribution in [-0.4, -0.2) is 26.8 Å². The highest BCUT2D eigenvalue weighted by Gasteiger charge is 2.18. The van der Waals surface area contributed by atoms with E-state index in [2.05, 4.69) is 19.2 Å². The van der Waals surface area contributed by atoms with Crippen LogP contribution in [0.4, 0.5) is 8.78 Å². The number of benzene rings is 1. The molecular weight excluding hydrogens is 248 g/mol. The van der Waals surface area contributed by atoms with Gasteiger partial charge in [-0.2, -0.15) is 0 Å². The molecule has 0 aliphatic carbocycles. The van der Waals surface area contributed by atoms with E-state index in [0.29, 0.717) is 18.6 Å². The van der Waals surface area contributed by atoms with E-state index in [-0.39, 0.29) is 5.41 Å². The molecule has 1 N–H and O–H groups in total. The number of hydrogen-bond donors (Lipinski definition) is 1. The summed E-state index contributed by atoms with van der Waals surface area (Å²) < 4.78 is 31.3. The van der Waals surface area contributed by atoms with E-state index in [1.807, 2.05) is 0 Å². The van der Waals surface area contributed by atoms with E-state index >= 15 is 0 Å². The van der Waals surface area contributed by atoms with Crippen molar-refractivity contribution in [1.82, 2.24) is 5.32 Å². The van der Waals surface area contributed by atoms with Gasteiger partial charge in [-0.1, -0.05) is 19.9 Å². The number of ether oxygens (including phenoxy) is 1. The molecule has 0 radical (unpaired) electrons. The van der Waals surface area contributed by atoms with E-state index in [1.165, 1.54) is 12.1 Å². The van der Waals surface area contributed by atoms with Crippen LogP contribution in [0.25, 0.3) is 0 Å². The van der Waals surface area contributed by atoms with Gasteiger partial charge in [0.2, 0.25) is 0 Å². The van der Waals surface area contributed by atoms with Crippen molar-refractivity contribution in [3.63, 3.8) is 0 Å². The van der Waals surface area contributed by atoms with Crippen molar-refractivity contribution in [3.8, 4) is 0 Å². The van der Waals surface area contributed by atoms with Gasteiger partial charge in [0.05, 0.1) is 6.61 Å². The lowest BCUT2D eigenvalue weighted by Crippen LogP contribution is -2.32. The highest BCUT2D eigenvalue weighted by Crippen LogP contribution is 2.23. The summed E-state index contributed by atoms with van der Waals surface area (Å²) in [6.45, 7) is 6.61. The van der Waals surface area contributed by atoms with E-state index in [4.69, 9.17) is 4.74 Å². The number of halogens is 2. The SMILES string of the molecule is COCCNCC(C)(C)CCc1ccc(F)cc1F. The molecule has 0 heterocycles. The second kappa shape index (κ2) is 7.56. The van der Waals surface area contributed by atoms with Crippen molar-refractivity contribution in [2.45, 2.75) is 26.7 Å². The highest BCUT2D eigenvalue weighted by molar-refractivity contribution is 5.18. The number of methoxy groups -OCH3 is 1. The largest absolute Gasteiger partial charge is 0.383 e. The van der Waals surface area contributed by atoms with Crippen LogP contribution in [0.3, 0.4) is 0 Å². The highest BCUT2D eigenvalue weighted by atomic mass is 19.1. The van der Waals surface area contributed by atoms with Crippen LogP contribution in [-0.2, 0) is 11.2 Å². The summed E-state index contributed by atoms with van der Waals surface area (Å²) in [7, 11) is 1.67. The molecule has 1 aromatic rings. The zero-order valence-electron chi connectivity index (χ0n) is 11.9. The lowest BCUT2D eigenvalue weighted by atomic mass is 9.86. The lowest BCUT2D eigenvalue weighted by molar-refractivity contribution is 0.193. The molecule has 0 aliphatic heterocycles. The van der Waals surface area contributed by atoms with Crippen molar-refractivity contribution >= 4 is 0 Å². The molecule has 0 bridgehead atoms. The second-order valence-electron chi connectivity index (χ2n) is 5.57. The van der Waals surface area contributed by atoms with Gasteiger partial charge in [-0.25, -0.2) is 8.78 Å². The first-order valence-corrected chi connectivity index (χ1v) is 6.58. The third kappa shape index (κ3) is 6.12. The molecule has 0 fully saturated rings. The van der Waals surface area contributed by atoms with Crippen LogP contribution in [0.15, 0.2) is 18.2 Å². The first kappa shape index (κ1) is 16.1.